The van der Waals surface area contributed by atoms with Gasteiger partial charge in [-0.15, -0.1) is 0 Å². The summed E-state index contributed by atoms with van der Waals surface area (Å²) in [6, 6.07) is 7.10. The molecule has 1 aromatic carbocycles. The van der Waals surface area contributed by atoms with E-state index in [2.05, 4.69) is 5.32 Å². The first kappa shape index (κ1) is 12.4. The average molecular weight is 223 g/mol. The number of hydrogen-bond donors (Lipinski definition) is 1. The number of benzene rings is 1. The summed E-state index contributed by atoms with van der Waals surface area (Å²) in [5.74, 6) is 1.01. The topological polar surface area (TPSA) is 47.6 Å². The van der Waals surface area contributed by atoms with Gasteiger partial charge in [-0.25, -0.2) is 4.79 Å². The predicted molar refractivity (Wildman–Crippen MR) is 61.9 cm³/mol. The van der Waals surface area contributed by atoms with Gasteiger partial charge in [0.05, 0.1) is 6.10 Å². The lowest BCUT2D eigenvalue weighted by molar-refractivity contribution is 0.192. The molecule has 0 fully saturated rings. The Kier molecular flexibility index (Phi) is 4.64. The quantitative estimate of drug-likeness (QED) is 0.853. The summed E-state index contributed by atoms with van der Waals surface area (Å²) in [5.41, 5.74) is 0. The summed E-state index contributed by atoms with van der Waals surface area (Å²) < 4.78 is 10.6. The number of carbonyl (C=O) groups is 1. The summed E-state index contributed by atoms with van der Waals surface area (Å²) in [6.07, 6.45) is -0.429. The van der Waals surface area contributed by atoms with Gasteiger partial charge in [0, 0.05) is 6.54 Å². The number of amides is 1. The van der Waals surface area contributed by atoms with E-state index in [1.165, 1.54) is 0 Å². The molecule has 0 unspecified atom stereocenters. The van der Waals surface area contributed by atoms with E-state index in [9.17, 15) is 4.79 Å². The summed E-state index contributed by atoms with van der Waals surface area (Å²) >= 11 is 0. The lowest BCUT2D eigenvalue weighted by Gasteiger charge is -2.13. The van der Waals surface area contributed by atoms with Crippen molar-refractivity contribution in [3.8, 4) is 11.5 Å². The van der Waals surface area contributed by atoms with Crippen LogP contribution in [0.2, 0.25) is 0 Å². The molecule has 0 aromatic heterocycles. The minimum atomic E-state index is -0.470. The summed E-state index contributed by atoms with van der Waals surface area (Å²) in [6.45, 7) is 6.20. The predicted octanol–water partition coefficient (Wildman–Crippen LogP) is 2.58. The van der Waals surface area contributed by atoms with Crippen LogP contribution in [0.3, 0.4) is 0 Å². The zero-order valence-electron chi connectivity index (χ0n) is 9.82. The van der Waals surface area contributed by atoms with Gasteiger partial charge in [-0.3, -0.25) is 0 Å². The molecule has 1 N–H and O–H groups in total. The molecule has 1 amide bonds. The van der Waals surface area contributed by atoms with Crippen LogP contribution in [0.4, 0.5) is 4.79 Å². The molecule has 0 bridgehead atoms. The van der Waals surface area contributed by atoms with Gasteiger partial charge < -0.3 is 14.8 Å². The van der Waals surface area contributed by atoms with Crippen molar-refractivity contribution in [2.75, 3.05) is 6.54 Å². The lowest BCUT2D eigenvalue weighted by Crippen LogP contribution is -2.26. The Morgan fingerprint density at radius 3 is 2.50 bits per heavy atom. The van der Waals surface area contributed by atoms with Crippen molar-refractivity contribution in [3.63, 3.8) is 0 Å². The van der Waals surface area contributed by atoms with Crippen LogP contribution in [0, 0.1) is 0 Å². The van der Waals surface area contributed by atoms with Gasteiger partial charge in [0.1, 0.15) is 0 Å². The highest BCUT2D eigenvalue weighted by Gasteiger charge is 2.09. The number of para-hydroxylation sites is 2. The summed E-state index contributed by atoms with van der Waals surface area (Å²) in [5, 5.41) is 2.56. The van der Waals surface area contributed by atoms with Crippen LogP contribution in [0.15, 0.2) is 24.3 Å². The second-order valence-corrected chi connectivity index (χ2v) is 3.53. The highest BCUT2D eigenvalue weighted by Crippen LogP contribution is 2.27. The van der Waals surface area contributed by atoms with Crippen molar-refractivity contribution in [1.29, 1.82) is 0 Å². The van der Waals surface area contributed by atoms with E-state index in [0.717, 1.165) is 0 Å². The maximum absolute atomic E-state index is 11.3. The average Bonchev–Trinajstić information content (AvgIpc) is 2.20. The zero-order chi connectivity index (χ0) is 12.0. The first-order chi connectivity index (χ1) is 7.63. The molecule has 88 valence electrons. The standard InChI is InChI=1S/C12H17NO3/c1-4-13-12(14)16-11-8-6-5-7-10(11)15-9(2)3/h5-9H,4H2,1-3H3,(H,13,14). The van der Waals surface area contributed by atoms with Gasteiger partial charge in [0.15, 0.2) is 11.5 Å². The van der Waals surface area contributed by atoms with E-state index >= 15 is 0 Å². The molecule has 0 saturated carbocycles. The molecule has 1 rings (SSSR count). The molecular weight excluding hydrogens is 206 g/mol. The first-order valence-electron chi connectivity index (χ1n) is 5.34. The van der Waals surface area contributed by atoms with Crippen molar-refractivity contribution in [3.05, 3.63) is 24.3 Å². The summed E-state index contributed by atoms with van der Waals surface area (Å²) in [7, 11) is 0. The third kappa shape index (κ3) is 3.81. The van der Waals surface area contributed by atoms with E-state index in [1.54, 1.807) is 18.2 Å². The van der Waals surface area contributed by atoms with Crippen LogP contribution in [0.1, 0.15) is 20.8 Å². The normalized spacial score (nSPS) is 10.0. The van der Waals surface area contributed by atoms with Crippen LogP contribution in [-0.4, -0.2) is 18.7 Å². The van der Waals surface area contributed by atoms with Crippen LogP contribution in [0.25, 0.3) is 0 Å². The minimum Gasteiger partial charge on any atom is -0.487 e. The molecule has 0 saturated heterocycles. The second kappa shape index (κ2) is 6.00. The highest BCUT2D eigenvalue weighted by molar-refractivity contribution is 5.71. The molecule has 16 heavy (non-hydrogen) atoms. The fourth-order valence-electron chi connectivity index (χ4n) is 1.17. The van der Waals surface area contributed by atoms with Crippen LogP contribution < -0.4 is 14.8 Å². The van der Waals surface area contributed by atoms with Crippen LogP contribution in [0.5, 0.6) is 11.5 Å². The zero-order valence-corrected chi connectivity index (χ0v) is 9.82. The van der Waals surface area contributed by atoms with Gasteiger partial charge in [-0.05, 0) is 32.9 Å². The maximum Gasteiger partial charge on any atom is 0.412 e. The Morgan fingerprint density at radius 1 is 1.31 bits per heavy atom. The lowest BCUT2D eigenvalue weighted by atomic mass is 10.3. The van der Waals surface area contributed by atoms with Crippen LogP contribution in [-0.2, 0) is 0 Å². The van der Waals surface area contributed by atoms with E-state index in [1.807, 2.05) is 26.8 Å². The molecule has 0 aliphatic heterocycles. The number of rotatable bonds is 4. The van der Waals surface area contributed by atoms with Gasteiger partial charge in [-0.1, -0.05) is 12.1 Å². The van der Waals surface area contributed by atoms with Gasteiger partial charge in [-0.2, -0.15) is 0 Å². The fraction of sp³-hybridized carbons (Fsp3) is 0.417. The third-order valence-corrected chi connectivity index (χ3v) is 1.74. The molecule has 0 heterocycles. The van der Waals surface area contributed by atoms with Crippen molar-refractivity contribution in [2.24, 2.45) is 0 Å². The molecule has 0 spiro atoms. The molecular formula is C12H17NO3. The van der Waals surface area contributed by atoms with E-state index < -0.39 is 6.09 Å². The van der Waals surface area contributed by atoms with Crippen molar-refractivity contribution < 1.29 is 14.3 Å². The Hall–Kier alpha value is -1.71. The number of nitrogens with one attached hydrogen (secondary N) is 1. The molecule has 1 aromatic rings. The van der Waals surface area contributed by atoms with E-state index in [4.69, 9.17) is 9.47 Å². The first-order valence-corrected chi connectivity index (χ1v) is 5.34. The Balaban J connectivity index is 2.74. The van der Waals surface area contributed by atoms with Gasteiger partial charge in [0.2, 0.25) is 0 Å². The minimum absolute atomic E-state index is 0.0407. The van der Waals surface area contributed by atoms with Crippen LogP contribution >= 0.6 is 0 Å². The molecule has 4 heteroatoms. The SMILES string of the molecule is CCNC(=O)Oc1ccccc1OC(C)C. The largest absolute Gasteiger partial charge is 0.487 e. The molecule has 0 aliphatic rings. The number of hydrogen-bond acceptors (Lipinski definition) is 3. The molecule has 0 radical (unpaired) electrons. The van der Waals surface area contributed by atoms with E-state index in [-0.39, 0.29) is 6.10 Å². The summed E-state index contributed by atoms with van der Waals surface area (Å²) in [4.78, 5) is 11.3. The molecule has 4 nitrogen and oxygen atoms in total. The number of ether oxygens (including phenoxy) is 2. The maximum atomic E-state index is 11.3. The molecule has 0 atom stereocenters. The van der Waals surface area contributed by atoms with Crippen molar-refractivity contribution in [2.45, 2.75) is 26.9 Å². The van der Waals surface area contributed by atoms with Crippen molar-refractivity contribution >= 4 is 6.09 Å². The molecule has 0 aliphatic carbocycles. The van der Waals surface area contributed by atoms with Gasteiger partial charge in [0.25, 0.3) is 0 Å². The van der Waals surface area contributed by atoms with Crippen molar-refractivity contribution in [1.82, 2.24) is 5.32 Å². The highest BCUT2D eigenvalue weighted by atomic mass is 16.6. The third-order valence-electron chi connectivity index (χ3n) is 1.74. The Morgan fingerprint density at radius 2 is 1.94 bits per heavy atom. The smallest absolute Gasteiger partial charge is 0.412 e. The van der Waals surface area contributed by atoms with E-state index in [0.29, 0.717) is 18.0 Å². The second-order valence-electron chi connectivity index (χ2n) is 3.53. The fourth-order valence-corrected chi connectivity index (χ4v) is 1.17. The van der Waals surface area contributed by atoms with Gasteiger partial charge >= 0.3 is 6.09 Å². The number of carbonyl (C=O) groups excluding carboxylic acids is 1. The monoisotopic (exact) mass is 223 g/mol. The Labute approximate surface area is 95.6 Å². The Bertz CT molecular complexity index is 350.